The molecule has 100 valence electrons. The second-order valence-corrected chi connectivity index (χ2v) is 4.23. The fraction of sp³-hybridized carbons (Fsp3) is 0.417. The van der Waals surface area contributed by atoms with Crippen LogP contribution in [0.15, 0.2) is 18.2 Å². The van der Waals surface area contributed by atoms with E-state index in [1.165, 1.54) is 11.9 Å². The minimum absolute atomic E-state index is 0.0995. The number of aryl methyl sites for hydroxylation is 1. The molecule has 0 aliphatic heterocycles. The molecular weight excluding hydrogens is 240 g/mol. The van der Waals surface area contributed by atoms with Crippen LogP contribution in [0.1, 0.15) is 5.56 Å². The summed E-state index contributed by atoms with van der Waals surface area (Å²) in [6.07, 6.45) is -2.45. The summed E-state index contributed by atoms with van der Waals surface area (Å²) < 4.78 is 24.2. The number of anilines is 2. The molecule has 3 N–H and O–H groups in total. The van der Waals surface area contributed by atoms with Gasteiger partial charge in [-0.3, -0.25) is 9.69 Å². The van der Waals surface area contributed by atoms with Gasteiger partial charge in [0.15, 0.2) is 0 Å². The number of nitrogen functional groups attached to an aromatic ring is 1. The predicted molar refractivity (Wildman–Crippen MR) is 67.7 cm³/mol. The summed E-state index contributed by atoms with van der Waals surface area (Å²) in [4.78, 5) is 12.8. The molecular formula is C12H17F2N3O. The molecule has 0 aliphatic rings. The number of hydrogen-bond acceptors (Lipinski definition) is 3. The normalized spacial score (nSPS) is 11.0. The third-order valence-electron chi connectivity index (χ3n) is 2.34. The van der Waals surface area contributed by atoms with Gasteiger partial charge in [-0.25, -0.2) is 8.78 Å². The molecule has 1 amide bonds. The molecule has 4 nitrogen and oxygen atoms in total. The van der Waals surface area contributed by atoms with E-state index in [0.29, 0.717) is 11.4 Å². The molecule has 0 radical (unpaired) electrons. The number of benzene rings is 1. The molecule has 1 rings (SSSR count). The van der Waals surface area contributed by atoms with Crippen molar-refractivity contribution in [2.45, 2.75) is 13.3 Å². The first-order valence-electron chi connectivity index (χ1n) is 5.51. The molecule has 0 spiro atoms. The minimum Gasteiger partial charge on any atom is -0.397 e. The number of carbonyl (C=O) groups is 1. The summed E-state index contributed by atoms with van der Waals surface area (Å²) in [5, 5.41) is 2.59. The molecule has 0 heterocycles. The van der Waals surface area contributed by atoms with Gasteiger partial charge < -0.3 is 11.1 Å². The summed E-state index contributed by atoms with van der Waals surface area (Å²) >= 11 is 0. The maximum absolute atomic E-state index is 12.1. The number of amides is 1. The molecule has 1 aromatic rings. The zero-order valence-corrected chi connectivity index (χ0v) is 10.4. The molecule has 1 aromatic carbocycles. The van der Waals surface area contributed by atoms with Gasteiger partial charge >= 0.3 is 0 Å². The van der Waals surface area contributed by atoms with Crippen LogP contribution in [0.4, 0.5) is 20.2 Å². The molecule has 0 saturated heterocycles. The van der Waals surface area contributed by atoms with Crippen LogP contribution in [0.3, 0.4) is 0 Å². The van der Waals surface area contributed by atoms with Gasteiger partial charge in [0.2, 0.25) is 5.91 Å². The summed E-state index contributed by atoms with van der Waals surface area (Å²) in [5.74, 6) is -0.367. The number of halogens is 2. The van der Waals surface area contributed by atoms with Crippen molar-refractivity contribution in [3.05, 3.63) is 23.8 Å². The Morgan fingerprint density at radius 3 is 2.72 bits per heavy atom. The molecule has 0 saturated carbocycles. The Bertz CT molecular complexity index is 424. The molecule has 0 bridgehead atoms. The van der Waals surface area contributed by atoms with E-state index >= 15 is 0 Å². The smallest absolute Gasteiger partial charge is 0.251 e. The lowest BCUT2D eigenvalue weighted by atomic mass is 10.2. The van der Waals surface area contributed by atoms with E-state index < -0.39 is 13.0 Å². The molecule has 0 unspecified atom stereocenters. The third-order valence-corrected chi connectivity index (χ3v) is 2.34. The number of hydrogen-bond donors (Lipinski definition) is 2. The van der Waals surface area contributed by atoms with Crippen molar-refractivity contribution >= 4 is 17.3 Å². The predicted octanol–water partition coefficient (Wildman–Crippen LogP) is 1.71. The van der Waals surface area contributed by atoms with Gasteiger partial charge in [-0.15, -0.1) is 0 Å². The van der Waals surface area contributed by atoms with Gasteiger partial charge in [-0.1, -0.05) is 6.07 Å². The zero-order valence-electron chi connectivity index (χ0n) is 10.4. The molecule has 6 heteroatoms. The SMILES string of the molecule is Cc1ccc(NC(=O)CN(C)CC(F)F)c(N)c1. The second kappa shape index (κ2) is 6.30. The highest BCUT2D eigenvalue weighted by molar-refractivity contribution is 5.95. The number of nitrogens with one attached hydrogen (secondary N) is 1. The number of alkyl halides is 2. The second-order valence-electron chi connectivity index (χ2n) is 4.23. The Balaban J connectivity index is 2.54. The highest BCUT2D eigenvalue weighted by atomic mass is 19.3. The van der Waals surface area contributed by atoms with Crippen LogP contribution in [0, 0.1) is 6.92 Å². The zero-order chi connectivity index (χ0) is 13.7. The summed E-state index contributed by atoms with van der Waals surface area (Å²) in [6, 6.07) is 5.24. The van der Waals surface area contributed by atoms with Crippen LogP contribution in [0.5, 0.6) is 0 Å². The molecule has 0 atom stereocenters. The van der Waals surface area contributed by atoms with Crippen molar-refractivity contribution < 1.29 is 13.6 Å². The third kappa shape index (κ3) is 4.67. The fourth-order valence-corrected chi connectivity index (χ4v) is 1.53. The van der Waals surface area contributed by atoms with Crippen LogP contribution in [0.2, 0.25) is 0 Å². The molecule has 0 aromatic heterocycles. The number of rotatable bonds is 5. The monoisotopic (exact) mass is 257 g/mol. The van der Waals surface area contributed by atoms with E-state index in [0.717, 1.165) is 5.56 Å². The van der Waals surface area contributed by atoms with Gasteiger partial charge in [0.25, 0.3) is 6.43 Å². The van der Waals surface area contributed by atoms with E-state index in [9.17, 15) is 13.6 Å². The van der Waals surface area contributed by atoms with E-state index in [1.807, 2.05) is 13.0 Å². The van der Waals surface area contributed by atoms with Gasteiger partial charge in [0.05, 0.1) is 24.5 Å². The Morgan fingerprint density at radius 1 is 1.50 bits per heavy atom. The molecule has 0 fully saturated rings. The van der Waals surface area contributed by atoms with Crippen LogP contribution in [-0.2, 0) is 4.79 Å². The van der Waals surface area contributed by atoms with Crippen molar-refractivity contribution in [1.82, 2.24) is 4.90 Å². The van der Waals surface area contributed by atoms with E-state index in [1.54, 1.807) is 12.1 Å². The van der Waals surface area contributed by atoms with Gasteiger partial charge in [0.1, 0.15) is 0 Å². The van der Waals surface area contributed by atoms with E-state index in [4.69, 9.17) is 5.73 Å². The Hall–Kier alpha value is -1.69. The first-order chi connectivity index (χ1) is 8.38. The lowest BCUT2D eigenvalue weighted by Gasteiger charge is -2.16. The fourth-order valence-electron chi connectivity index (χ4n) is 1.53. The van der Waals surface area contributed by atoms with Crippen molar-refractivity contribution in [2.75, 3.05) is 31.2 Å². The van der Waals surface area contributed by atoms with Gasteiger partial charge in [0, 0.05) is 0 Å². The van der Waals surface area contributed by atoms with Crippen molar-refractivity contribution in [2.24, 2.45) is 0 Å². The van der Waals surface area contributed by atoms with Gasteiger partial charge in [-0.2, -0.15) is 0 Å². The van der Waals surface area contributed by atoms with Gasteiger partial charge in [-0.05, 0) is 31.7 Å². The maximum atomic E-state index is 12.1. The number of likely N-dealkylation sites (N-methyl/N-ethyl adjacent to an activating group) is 1. The van der Waals surface area contributed by atoms with E-state index in [-0.39, 0.29) is 12.5 Å². The maximum Gasteiger partial charge on any atom is 0.251 e. The van der Waals surface area contributed by atoms with Crippen LogP contribution >= 0.6 is 0 Å². The first kappa shape index (κ1) is 14.4. The summed E-state index contributed by atoms with van der Waals surface area (Å²) in [7, 11) is 1.46. The lowest BCUT2D eigenvalue weighted by Crippen LogP contribution is -2.33. The number of nitrogens with two attached hydrogens (primary N) is 1. The Kier molecular flexibility index (Phi) is 5.03. The first-order valence-corrected chi connectivity index (χ1v) is 5.51. The van der Waals surface area contributed by atoms with E-state index in [2.05, 4.69) is 5.32 Å². The number of nitrogens with zero attached hydrogens (tertiary/aromatic N) is 1. The lowest BCUT2D eigenvalue weighted by molar-refractivity contribution is -0.117. The topological polar surface area (TPSA) is 58.4 Å². The van der Waals surface area contributed by atoms with Crippen LogP contribution in [-0.4, -0.2) is 37.4 Å². The highest BCUT2D eigenvalue weighted by Gasteiger charge is 2.12. The Morgan fingerprint density at radius 2 is 2.17 bits per heavy atom. The van der Waals surface area contributed by atoms with Crippen molar-refractivity contribution in [3.63, 3.8) is 0 Å². The van der Waals surface area contributed by atoms with Crippen LogP contribution in [0.25, 0.3) is 0 Å². The van der Waals surface area contributed by atoms with Crippen LogP contribution < -0.4 is 11.1 Å². The largest absolute Gasteiger partial charge is 0.397 e. The average molecular weight is 257 g/mol. The quantitative estimate of drug-likeness (QED) is 0.789. The Labute approximate surface area is 105 Å². The highest BCUT2D eigenvalue weighted by Crippen LogP contribution is 2.19. The minimum atomic E-state index is -2.45. The van der Waals surface area contributed by atoms with Crippen molar-refractivity contribution in [3.8, 4) is 0 Å². The molecule has 0 aliphatic carbocycles. The standard InChI is InChI=1S/C12H17F2N3O/c1-8-3-4-10(9(15)5-8)16-12(18)7-17(2)6-11(13)14/h3-5,11H,6-7,15H2,1-2H3,(H,16,18). The summed E-state index contributed by atoms with van der Waals surface area (Å²) in [5.41, 5.74) is 7.67. The molecule has 18 heavy (non-hydrogen) atoms. The number of carbonyl (C=O) groups excluding carboxylic acids is 1. The summed E-state index contributed by atoms with van der Waals surface area (Å²) in [6.45, 7) is 1.35. The average Bonchev–Trinajstić information content (AvgIpc) is 2.20. The van der Waals surface area contributed by atoms with Crippen molar-refractivity contribution in [1.29, 1.82) is 0 Å².